The van der Waals surface area contributed by atoms with E-state index >= 15 is 0 Å². The third kappa shape index (κ3) is 4.03. The molecule has 23 heavy (non-hydrogen) atoms. The fourth-order valence-electron chi connectivity index (χ4n) is 2.71. The van der Waals surface area contributed by atoms with Gasteiger partial charge >= 0.3 is 0 Å². The topological polar surface area (TPSA) is 78.9 Å². The highest BCUT2D eigenvalue weighted by atomic mass is 35.5. The van der Waals surface area contributed by atoms with Crippen molar-refractivity contribution in [1.82, 2.24) is 14.3 Å². The summed E-state index contributed by atoms with van der Waals surface area (Å²) in [6.45, 7) is 4.85. The van der Waals surface area contributed by atoms with Crippen molar-refractivity contribution in [3.05, 3.63) is 11.2 Å². The molecule has 0 aliphatic carbocycles. The lowest BCUT2D eigenvalue weighted by molar-refractivity contribution is 0.122. The van der Waals surface area contributed by atoms with Crippen molar-refractivity contribution in [3.8, 4) is 0 Å². The summed E-state index contributed by atoms with van der Waals surface area (Å²) in [5.41, 5.74) is 0. The van der Waals surface area contributed by atoms with E-state index in [1.165, 1.54) is 10.6 Å². The van der Waals surface area contributed by atoms with Crippen LogP contribution in [0.3, 0.4) is 0 Å². The van der Waals surface area contributed by atoms with E-state index in [-0.39, 0.29) is 0 Å². The van der Waals surface area contributed by atoms with Crippen LogP contribution in [0.2, 0.25) is 5.15 Å². The largest absolute Gasteiger partial charge is 0.378 e. The molecule has 3 rings (SSSR count). The summed E-state index contributed by atoms with van der Waals surface area (Å²) in [6, 6.07) is 1.75. The van der Waals surface area contributed by atoms with Crippen LogP contribution in [-0.4, -0.2) is 81.4 Å². The molecule has 3 heterocycles. The van der Waals surface area contributed by atoms with Gasteiger partial charge in [-0.3, -0.25) is 0 Å². The highest BCUT2D eigenvalue weighted by molar-refractivity contribution is 7.88. The minimum Gasteiger partial charge on any atom is -0.378 e. The minimum absolute atomic E-state index is 0.391. The number of sulfonamides is 1. The SMILES string of the molecule is CS(=O)(=O)N1CCN(c2nc(Cl)cc(N3CCOCC3)n2)CC1. The average Bonchev–Trinajstić information content (AvgIpc) is 2.54. The highest BCUT2D eigenvalue weighted by Crippen LogP contribution is 2.22. The number of hydrogen-bond acceptors (Lipinski definition) is 7. The second kappa shape index (κ2) is 6.76. The van der Waals surface area contributed by atoms with Gasteiger partial charge in [0.2, 0.25) is 16.0 Å². The summed E-state index contributed by atoms with van der Waals surface area (Å²) < 4.78 is 30.0. The molecule has 2 aliphatic rings. The van der Waals surface area contributed by atoms with Gasteiger partial charge in [0, 0.05) is 45.3 Å². The van der Waals surface area contributed by atoms with Crippen LogP contribution in [0, 0.1) is 0 Å². The number of rotatable bonds is 3. The van der Waals surface area contributed by atoms with Gasteiger partial charge < -0.3 is 14.5 Å². The van der Waals surface area contributed by atoms with Crippen LogP contribution in [0.15, 0.2) is 6.07 Å². The third-order valence-electron chi connectivity index (χ3n) is 4.00. The molecule has 128 valence electrons. The molecule has 0 radical (unpaired) electrons. The highest BCUT2D eigenvalue weighted by Gasteiger charge is 2.25. The molecular weight excluding hydrogens is 342 g/mol. The van der Waals surface area contributed by atoms with Crippen LogP contribution >= 0.6 is 11.6 Å². The summed E-state index contributed by atoms with van der Waals surface area (Å²) in [6.07, 6.45) is 1.23. The second-order valence-corrected chi connectivity index (χ2v) is 7.97. The van der Waals surface area contributed by atoms with Crippen LogP contribution < -0.4 is 9.80 Å². The lowest BCUT2D eigenvalue weighted by Gasteiger charge is -2.34. The van der Waals surface area contributed by atoms with E-state index in [4.69, 9.17) is 16.3 Å². The third-order valence-corrected chi connectivity index (χ3v) is 5.49. The number of aromatic nitrogens is 2. The van der Waals surface area contributed by atoms with Gasteiger partial charge in [-0.15, -0.1) is 0 Å². The Bertz CT molecular complexity index is 658. The van der Waals surface area contributed by atoms with Crippen LogP contribution in [0.25, 0.3) is 0 Å². The van der Waals surface area contributed by atoms with Gasteiger partial charge in [0.25, 0.3) is 0 Å². The lowest BCUT2D eigenvalue weighted by Crippen LogP contribution is -2.49. The van der Waals surface area contributed by atoms with Crippen molar-refractivity contribution in [2.45, 2.75) is 0 Å². The molecule has 0 atom stereocenters. The maximum atomic E-state index is 11.6. The summed E-state index contributed by atoms with van der Waals surface area (Å²) in [5, 5.41) is 0.391. The molecule has 0 aromatic carbocycles. The molecule has 2 fully saturated rings. The fraction of sp³-hybridized carbons (Fsp3) is 0.692. The summed E-state index contributed by atoms with van der Waals surface area (Å²) in [5.74, 6) is 1.33. The Kier molecular flexibility index (Phi) is 4.90. The second-order valence-electron chi connectivity index (χ2n) is 5.60. The zero-order valence-electron chi connectivity index (χ0n) is 13.0. The first-order valence-electron chi connectivity index (χ1n) is 7.51. The Morgan fingerprint density at radius 1 is 1.04 bits per heavy atom. The molecule has 8 nitrogen and oxygen atoms in total. The van der Waals surface area contributed by atoms with E-state index < -0.39 is 10.0 Å². The number of morpholine rings is 1. The van der Waals surface area contributed by atoms with Gasteiger partial charge in [0.15, 0.2) is 0 Å². The molecule has 0 amide bonds. The quantitative estimate of drug-likeness (QED) is 0.704. The smallest absolute Gasteiger partial charge is 0.228 e. The minimum atomic E-state index is -3.15. The van der Waals surface area contributed by atoms with E-state index in [9.17, 15) is 8.42 Å². The molecule has 0 unspecified atom stereocenters. The van der Waals surface area contributed by atoms with E-state index in [0.717, 1.165) is 18.9 Å². The Morgan fingerprint density at radius 3 is 2.30 bits per heavy atom. The summed E-state index contributed by atoms with van der Waals surface area (Å²) in [4.78, 5) is 13.0. The molecule has 10 heteroatoms. The van der Waals surface area contributed by atoms with Gasteiger partial charge in [-0.25, -0.2) is 13.4 Å². The molecule has 2 aliphatic heterocycles. The van der Waals surface area contributed by atoms with Crippen LogP contribution in [0.4, 0.5) is 11.8 Å². The van der Waals surface area contributed by atoms with Gasteiger partial charge in [-0.05, 0) is 0 Å². The molecule has 0 N–H and O–H groups in total. The van der Waals surface area contributed by atoms with Crippen molar-refractivity contribution in [2.75, 3.05) is 68.5 Å². The molecule has 0 bridgehead atoms. The Morgan fingerprint density at radius 2 is 1.70 bits per heavy atom. The Hall–Kier alpha value is -1.16. The number of halogens is 1. The van der Waals surface area contributed by atoms with Crippen molar-refractivity contribution in [3.63, 3.8) is 0 Å². The van der Waals surface area contributed by atoms with Crippen molar-refractivity contribution >= 4 is 33.4 Å². The van der Waals surface area contributed by atoms with Crippen molar-refractivity contribution in [1.29, 1.82) is 0 Å². The standard InChI is InChI=1S/C13H20ClN5O3S/c1-23(20,21)19-4-2-18(3-5-19)13-15-11(14)10-12(16-13)17-6-8-22-9-7-17/h10H,2-9H2,1H3. The number of piperazine rings is 1. The first-order valence-corrected chi connectivity index (χ1v) is 9.73. The van der Waals surface area contributed by atoms with E-state index in [0.29, 0.717) is 50.5 Å². The zero-order valence-corrected chi connectivity index (χ0v) is 14.6. The van der Waals surface area contributed by atoms with Gasteiger partial charge in [-0.2, -0.15) is 9.29 Å². The summed E-state index contributed by atoms with van der Waals surface area (Å²) in [7, 11) is -3.15. The first kappa shape index (κ1) is 16.7. The Labute approximate surface area is 141 Å². The van der Waals surface area contributed by atoms with Gasteiger partial charge in [0.05, 0.1) is 19.5 Å². The number of anilines is 2. The van der Waals surface area contributed by atoms with Crippen molar-refractivity contribution in [2.24, 2.45) is 0 Å². The van der Waals surface area contributed by atoms with Crippen LogP contribution in [0.1, 0.15) is 0 Å². The van der Waals surface area contributed by atoms with E-state index in [1.807, 2.05) is 4.90 Å². The molecule has 0 saturated carbocycles. The zero-order chi connectivity index (χ0) is 16.4. The van der Waals surface area contributed by atoms with Crippen molar-refractivity contribution < 1.29 is 13.2 Å². The lowest BCUT2D eigenvalue weighted by atomic mass is 10.4. The first-order chi connectivity index (χ1) is 10.9. The number of ether oxygens (including phenoxy) is 1. The van der Waals surface area contributed by atoms with E-state index in [1.54, 1.807) is 6.07 Å². The van der Waals surface area contributed by atoms with E-state index in [2.05, 4.69) is 14.9 Å². The molecule has 1 aromatic heterocycles. The van der Waals surface area contributed by atoms with Crippen LogP contribution in [0.5, 0.6) is 0 Å². The molecule has 2 saturated heterocycles. The van der Waals surface area contributed by atoms with Gasteiger partial charge in [-0.1, -0.05) is 11.6 Å². The number of hydrogen-bond donors (Lipinski definition) is 0. The van der Waals surface area contributed by atoms with Gasteiger partial charge in [0.1, 0.15) is 11.0 Å². The molecule has 0 spiro atoms. The maximum absolute atomic E-state index is 11.6. The Balaban J connectivity index is 1.74. The predicted octanol–water partition coefficient (Wildman–Crippen LogP) is 0.0482. The average molecular weight is 362 g/mol. The fourth-order valence-corrected chi connectivity index (χ4v) is 3.71. The molecular formula is C13H20ClN5O3S. The monoisotopic (exact) mass is 361 g/mol. The molecule has 1 aromatic rings. The normalized spacial score (nSPS) is 20.8. The number of nitrogens with zero attached hydrogens (tertiary/aromatic N) is 5. The maximum Gasteiger partial charge on any atom is 0.228 e. The van der Waals surface area contributed by atoms with Crippen LogP contribution in [-0.2, 0) is 14.8 Å². The predicted molar refractivity (Wildman–Crippen MR) is 88.7 cm³/mol. The summed E-state index contributed by atoms with van der Waals surface area (Å²) >= 11 is 6.15.